The van der Waals surface area contributed by atoms with Crippen LogP contribution in [0.1, 0.15) is 6.42 Å². The normalized spacial score (nSPS) is 14.3. The fourth-order valence-corrected chi connectivity index (χ4v) is 0.583. The molecular weight excluding hydrogens is 269 g/mol. The molecule has 0 aromatic carbocycles. The third-order valence-electron chi connectivity index (χ3n) is 1.57. The Balaban J connectivity index is 0. The molecule has 0 aliphatic carbocycles. The van der Waals surface area contributed by atoms with E-state index in [-0.39, 0.29) is 6.42 Å². The number of amides is 1. The highest BCUT2D eigenvalue weighted by Gasteiger charge is 2.29. The number of hydrogen-bond acceptors (Lipinski definition) is 6. The van der Waals surface area contributed by atoms with Gasteiger partial charge in [0.05, 0.1) is 6.42 Å². The van der Waals surface area contributed by atoms with Crippen LogP contribution in [0.15, 0.2) is 0 Å². The second kappa shape index (κ2) is 8.77. The highest BCUT2D eigenvalue weighted by Crippen LogP contribution is 1.96. The molecule has 0 rings (SSSR count). The van der Waals surface area contributed by atoms with Gasteiger partial charge >= 0.3 is 17.9 Å². The van der Waals surface area contributed by atoms with Gasteiger partial charge in [-0.3, -0.25) is 14.4 Å². The molecule has 0 heterocycles. The lowest BCUT2D eigenvalue weighted by molar-refractivity contribution is -0.150. The molecule has 0 aromatic heterocycles. The van der Waals surface area contributed by atoms with Crippen LogP contribution in [-0.2, 0) is 19.2 Å². The van der Waals surface area contributed by atoms with Gasteiger partial charge in [0.25, 0.3) is 0 Å². The average Bonchev–Trinajstić information content (AvgIpc) is 2.26. The van der Waals surface area contributed by atoms with E-state index in [1.165, 1.54) is 0 Å². The number of halogens is 1. The molecular formula is C8H14FN3O7. The van der Waals surface area contributed by atoms with Crippen LogP contribution >= 0.6 is 0 Å². The molecule has 2 unspecified atom stereocenters. The first-order valence-corrected chi connectivity index (χ1v) is 4.62. The van der Waals surface area contributed by atoms with Crippen LogP contribution in [0.25, 0.3) is 0 Å². The highest BCUT2D eigenvalue weighted by molar-refractivity contribution is 5.84. The zero-order valence-electron chi connectivity index (χ0n) is 9.52. The molecule has 0 saturated heterocycles. The van der Waals surface area contributed by atoms with E-state index >= 15 is 0 Å². The lowest BCUT2D eigenvalue weighted by Gasteiger charge is -2.05. The summed E-state index contributed by atoms with van der Waals surface area (Å²) in [5.41, 5.74) is 14.2. The van der Waals surface area contributed by atoms with E-state index in [9.17, 15) is 23.6 Å². The first-order chi connectivity index (χ1) is 8.50. The van der Waals surface area contributed by atoms with Crippen LogP contribution in [0.4, 0.5) is 4.39 Å². The van der Waals surface area contributed by atoms with Gasteiger partial charge in [-0.25, -0.2) is 9.18 Å². The number of alkyl halides is 1. The summed E-state index contributed by atoms with van der Waals surface area (Å²) in [6.07, 6.45) is -2.85. The second-order valence-corrected chi connectivity index (χ2v) is 3.22. The number of carbonyl (C=O) groups excluding carboxylic acids is 1. The van der Waals surface area contributed by atoms with Crippen molar-refractivity contribution in [3.05, 3.63) is 0 Å². The summed E-state index contributed by atoms with van der Waals surface area (Å²) >= 11 is 0. The predicted octanol–water partition coefficient (Wildman–Crippen LogP) is -2.91. The molecule has 0 aliphatic rings. The molecule has 110 valence electrons. The maximum atomic E-state index is 12.1. The first-order valence-electron chi connectivity index (χ1n) is 4.62. The van der Waals surface area contributed by atoms with Gasteiger partial charge in [0.15, 0.2) is 0 Å². The van der Waals surface area contributed by atoms with Gasteiger partial charge in [0.2, 0.25) is 12.1 Å². The smallest absolute Gasteiger partial charge is 0.340 e. The molecule has 0 spiro atoms. The molecule has 9 N–H and O–H groups in total. The van der Waals surface area contributed by atoms with Gasteiger partial charge in [-0.1, -0.05) is 0 Å². The largest absolute Gasteiger partial charge is 0.480 e. The van der Waals surface area contributed by atoms with Crippen molar-refractivity contribution in [2.24, 2.45) is 17.2 Å². The van der Waals surface area contributed by atoms with Gasteiger partial charge in [0, 0.05) is 0 Å². The molecule has 0 aliphatic heterocycles. The minimum atomic E-state index is -2.54. The van der Waals surface area contributed by atoms with Crippen molar-refractivity contribution < 1.29 is 38.9 Å². The molecule has 11 heteroatoms. The standard InChI is InChI=1S/C4H6FNO4.C4H8N2O3/c5-1(3(7)8)2(6)4(9)10;5-2(4(8)9)1-3(6)7/h1-2H,6H2,(H,7,8)(H,9,10);2H,1,5H2,(H2,6,7)(H,8,9)/t;2-/m.0/s1. The summed E-state index contributed by atoms with van der Waals surface area (Å²) in [5.74, 6) is -5.46. The van der Waals surface area contributed by atoms with Gasteiger partial charge in [0.1, 0.15) is 12.1 Å². The zero-order chi connectivity index (χ0) is 15.7. The van der Waals surface area contributed by atoms with E-state index in [4.69, 9.17) is 21.1 Å². The molecule has 0 aromatic rings. The molecule has 19 heavy (non-hydrogen) atoms. The van der Waals surface area contributed by atoms with Crippen LogP contribution < -0.4 is 17.2 Å². The number of aliphatic carboxylic acids is 3. The Morgan fingerprint density at radius 3 is 1.47 bits per heavy atom. The van der Waals surface area contributed by atoms with E-state index in [0.717, 1.165) is 0 Å². The Bertz CT molecular complexity index is 344. The summed E-state index contributed by atoms with van der Waals surface area (Å²) in [6, 6.07) is -3.15. The lowest BCUT2D eigenvalue weighted by atomic mass is 10.2. The predicted molar refractivity (Wildman–Crippen MR) is 57.6 cm³/mol. The maximum absolute atomic E-state index is 12.1. The number of primary amides is 1. The molecule has 0 radical (unpaired) electrons. The number of hydrogen-bond donors (Lipinski definition) is 6. The number of carbonyl (C=O) groups is 4. The third-order valence-corrected chi connectivity index (χ3v) is 1.57. The first kappa shape index (κ1) is 19.1. The van der Waals surface area contributed by atoms with Crippen LogP contribution in [0.3, 0.4) is 0 Å². The number of carboxylic acid groups (broad SMARTS) is 3. The summed E-state index contributed by atoms with van der Waals surface area (Å²) in [6.45, 7) is 0. The summed E-state index contributed by atoms with van der Waals surface area (Å²) in [4.78, 5) is 39.4. The summed E-state index contributed by atoms with van der Waals surface area (Å²) in [7, 11) is 0. The van der Waals surface area contributed by atoms with Gasteiger partial charge < -0.3 is 32.5 Å². The fourth-order valence-electron chi connectivity index (χ4n) is 0.583. The summed E-state index contributed by atoms with van der Waals surface area (Å²) < 4.78 is 12.1. The SMILES string of the molecule is NC(=O)C[C@H](N)C(=O)O.NC(C(=O)O)C(F)C(=O)O. The van der Waals surface area contributed by atoms with Crippen molar-refractivity contribution in [2.75, 3.05) is 0 Å². The topological polar surface area (TPSA) is 207 Å². The Labute approximate surface area is 106 Å². The Morgan fingerprint density at radius 1 is 0.947 bits per heavy atom. The highest BCUT2D eigenvalue weighted by atomic mass is 19.1. The number of rotatable bonds is 6. The Morgan fingerprint density at radius 2 is 1.37 bits per heavy atom. The van der Waals surface area contributed by atoms with Crippen molar-refractivity contribution in [3.8, 4) is 0 Å². The molecule has 1 amide bonds. The molecule has 0 fully saturated rings. The molecule has 0 saturated carbocycles. The number of carboxylic acids is 3. The van der Waals surface area contributed by atoms with Crippen molar-refractivity contribution in [2.45, 2.75) is 24.7 Å². The minimum Gasteiger partial charge on any atom is -0.480 e. The van der Waals surface area contributed by atoms with Crippen molar-refractivity contribution in [1.82, 2.24) is 0 Å². The quantitative estimate of drug-likeness (QED) is 0.295. The van der Waals surface area contributed by atoms with Crippen molar-refractivity contribution >= 4 is 23.8 Å². The van der Waals surface area contributed by atoms with E-state index in [0.29, 0.717) is 0 Å². The fraction of sp³-hybridized carbons (Fsp3) is 0.500. The maximum Gasteiger partial charge on any atom is 0.340 e. The number of nitrogens with two attached hydrogens (primary N) is 3. The monoisotopic (exact) mass is 283 g/mol. The van der Waals surface area contributed by atoms with Gasteiger partial charge in [-0.15, -0.1) is 0 Å². The summed E-state index contributed by atoms with van der Waals surface area (Å²) in [5, 5.41) is 24.0. The minimum absolute atomic E-state index is 0.310. The van der Waals surface area contributed by atoms with Crippen LogP contribution in [0.5, 0.6) is 0 Å². The lowest BCUT2D eigenvalue weighted by Crippen LogP contribution is -2.43. The average molecular weight is 283 g/mol. The van der Waals surface area contributed by atoms with Crippen molar-refractivity contribution in [3.63, 3.8) is 0 Å². The second-order valence-electron chi connectivity index (χ2n) is 3.22. The third kappa shape index (κ3) is 9.43. The van der Waals surface area contributed by atoms with E-state index in [2.05, 4.69) is 11.5 Å². The Kier molecular flexibility index (Phi) is 8.80. The molecule has 0 bridgehead atoms. The van der Waals surface area contributed by atoms with Crippen LogP contribution in [0, 0.1) is 0 Å². The van der Waals surface area contributed by atoms with E-state index < -0.39 is 42.1 Å². The molecule has 3 atom stereocenters. The van der Waals surface area contributed by atoms with Crippen LogP contribution in [0.2, 0.25) is 0 Å². The van der Waals surface area contributed by atoms with E-state index in [1.54, 1.807) is 0 Å². The van der Waals surface area contributed by atoms with Crippen molar-refractivity contribution in [1.29, 1.82) is 0 Å². The van der Waals surface area contributed by atoms with E-state index in [1.807, 2.05) is 0 Å². The molecule has 10 nitrogen and oxygen atoms in total. The van der Waals surface area contributed by atoms with Crippen LogP contribution in [-0.4, -0.2) is 57.4 Å². The zero-order valence-corrected chi connectivity index (χ0v) is 9.52. The van der Waals surface area contributed by atoms with Gasteiger partial charge in [-0.2, -0.15) is 0 Å². The Hall–Kier alpha value is -2.27. The van der Waals surface area contributed by atoms with Gasteiger partial charge in [-0.05, 0) is 0 Å².